The Morgan fingerprint density at radius 2 is 2.14 bits per heavy atom. The van der Waals surface area contributed by atoms with Crippen LogP contribution >= 0.6 is 0 Å². The van der Waals surface area contributed by atoms with Crippen molar-refractivity contribution in [1.82, 2.24) is 9.97 Å². The monoisotopic (exact) mass is 292 g/mol. The van der Waals surface area contributed by atoms with Crippen LogP contribution in [0.4, 0.5) is 16.2 Å². The maximum Gasteiger partial charge on any atom is 0.222 e. The van der Waals surface area contributed by atoms with E-state index in [4.69, 9.17) is 5.73 Å². The fourth-order valence-corrected chi connectivity index (χ4v) is 2.46. The molecule has 0 bridgehead atoms. The van der Waals surface area contributed by atoms with Crippen molar-refractivity contribution in [1.29, 1.82) is 0 Å². The smallest absolute Gasteiger partial charge is 0.222 e. The Morgan fingerprint density at radius 1 is 1.38 bits per heavy atom. The zero-order chi connectivity index (χ0) is 15.4. The van der Waals surface area contributed by atoms with Crippen molar-refractivity contribution in [3.63, 3.8) is 0 Å². The first kappa shape index (κ1) is 15.4. The molecule has 0 fully saturated rings. The van der Waals surface area contributed by atoms with Crippen LogP contribution in [0.25, 0.3) is 10.9 Å². The molecule has 2 atom stereocenters. The first-order valence-corrected chi connectivity index (χ1v) is 7.16. The van der Waals surface area contributed by atoms with E-state index in [0.717, 1.165) is 12.8 Å². The minimum absolute atomic E-state index is 0.0545. The lowest BCUT2D eigenvalue weighted by Crippen LogP contribution is -2.31. The van der Waals surface area contributed by atoms with Crippen molar-refractivity contribution >= 4 is 22.7 Å². The maximum absolute atomic E-state index is 14.1. The molecular formula is C15H21FN4O. The van der Waals surface area contributed by atoms with Gasteiger partial charge in [-0.05, 0) is 24.5 Å². The number of anilines is 2. The van der Waals surface area contributed by atoms with E-state index < -0.39 is 5.82 Å². The average Bonchev–Trinajstić information content (AvgIpc) is 2.44. The van der Waals surface area contributed by atoms with Gasteiger partial charge in [-0.3, -0.25) is 0 Å². The summed E-state index contributed by atoms with van der Waals surface area (Å²) < 4.78 is 14.1. The van der Waals surface area contributed by atoms with Crippen LogP contribution in [0.1, 0.15) is 26.7 Å². The van der Waals surface area contributed by atoms with Crippen LogP contribution in [0.3, 0.4) is 0 Å². The van der Waals surface area contributed by atoms with Crippen LogP contribution in [-0.4, -0.2) is 27.7 Å². The standard InChI is InChI=1S/C15H21FN4O/c1-3-5-9(2)12(8-21)18-14-13-10(16)6-4-7-11(13)19-15(17)20-14/h4,6-7,9,12,21H,3,5,8H2,1-2H3,(H3,17,18,19,20). The molecular weight excluding hydrogens is 271 g/mol. The van der Waals surface area contributed by atoms with Crippen molar-refractivity contribution in [2.24, 2.45) is 5.92 Å². The van der Waals surface area contributed by atoms with Crippen LogP contribution in [0.15, 0.2) is 18.2 Å². The molecule has 0 radical (unpaired) electrons. The first-order valence-electron chi connectivity index (χ1n) is 7.16. The number of aromatic nitrogens is 2. The lowest BCUT2D eigenvalue weighted by molar-refractivity contribution is 0.238. The van der Waals surface area contributed by atoms with E-state index in [1.54, 1.807) is 12.1 Å². The van der Waals surface area contributed by atoms with Crippen LogP contribution < -0.4 is 11.1 Å². The fraction of sp³-hybridized carbons (Fsp3) is 0.467. The van der Waals surface area contributed by atoms with E-state index in [1.807, 2.05) is 6.92 Å². The summed E-state index contributed by atoms with van der Waals surface area (Å²) in [6.07, 6.45) is 1.97. The number of nitrogen functional groups attached to an aromatic ring is 1. The molecule has 2 unspecified atom stereocenters. The molecule has 1 aromatic carbocycles. The number of nitrogens with one attached hydrogen (secondary N) is 1. The summed E-state index contributed by atoms with van der Waals surface area (Å²) in [4.78, 5) is 8.13. The van der Waals surface area contributed by atoms with Gasteiger partial charge < -0.3 is 16.2 Å². The second-order valence-corrected chi connectivity index (χ2v) is 5.26. The Labute approximate surface area is 123 Å². The Hall–Kier alpha value is -1.95. The average molecular weight is 292 g/mol. The molecule has 0 saturated carbocycles. The van der Waals surface area contributed by atoms with Gasteiger partial charge in [0.1, 0.15) is 11.6 Å². The second-order valence-electron chi connectivity index (χ2n) is 5.26. The zero-order valence-electron chi connectivity index (χ0n) is 12.3. The molecule has 0 aliphatic carbocycles. The molecule has 2 aromatic rings. The number of aliphatic hydroxyl groups excluding tert-OH is 1. The van der Waals surface area contributed by atoms with E-state index >= 15 is 0 Å². The Morgan fingerprint density at radius 3 is 2.81 bits per heavy atom. The molecule has 2 rings (SSSR count). The van der Waals surface area contributed by atoms with Gasteiger partial charge in [-0.2, -0.15) is 4.98 Å². The molecule has 0 aliphatic heterocycles. The van der Waals surface area contributed by atoms with Gasteiger partial charge in [0.25, 0.3) is 0 Å². The molecule has 6 heteroatoms. The SMILES string of the molecule is CCCC(C)C(CO)Nc1nc(N)nc2cccc(F)c12. The number of rotatable bonds is 6. The predicted molar refractivity (Wildman–Crippen MR) is 82.5 cm³/mol. The number of hydrogen-bond acceptors (Lipinski definition) is 5. The third-order valence-electron chi connectivity index (χ3n) is 3.64. The number of benzene rings is 1. The highest BCUT2D eigenvalue weighted by Gasteiger charge is 2.19. The Balaban J connectivity index is 2.41. The third kappa shape index (κ3) is 3.39. The molecule has 4 N–H and O–H groups in total. The summed E-state index contributed by atoms with van der Waals surface area (Å²) in [5.41, 5.74) is 6.13. The zero-order valence-corrected chi connectivity index (χ0v) is 12.3. The molecule has 5 nitrogen and oxygen atoms in total. The van der Waals surface area contributed by atoms with Crippen molar-refractivity contribution in [3.8, 4) is 0 Å². The van der Waals surface area contributed by atoms with Gasteiger partial charge in [0.2, 0.25) is 5.95 Å². The Bertz CT molecular complexity index is 620. The van der Waals surface area contributed by atoms with Gasteiger partial charge in [0.05, 0.1) is 23.6 Å². The molecule has 0 aliphatic rings. The summed E-state index contributed by atoms with van der Waals surface area (Å²) >= 11 is 0. The summed E-state index contributed by atoms with van der Waals surface area (Å²) in [7, 11) is 0. The Kier molecular flexibility index (Phi) is 4.90. The fourth-order valence-electron chi connectivity index (χ4n) is 2.46. The lowest BCUT2D eigenvalue weighted by Gasteiger charge is -2.24. The van der Waals surface area contributed by atoms with E-state index in [2.05, 4.69) is 22.2 Å². The van der Waals surface area contributed by atoms with Crippen LogP contribution in [0, 0.1) is 11.7 Å². The molecule has 114 valence electrons. The highest BCUT2D eigenvalue weighted by molar-refractivity contribution is 5.90. The number of hydrogen-bond donors (Lipinski definition) is 3. The van der Waals surface area contributed by atoms with Gasteiger partial charge >= 0.3 is 0 Å². The minimum atomic E-state index is -0.408. The van der Waals surface area contributed by atoms with E-state index in [9.17, 15) is 9.50 Å². The van der Waals surface area contributed by atoms with Gasteiger partial charge in [-0.25, -0.2) is 9.37 Å². The molecule has 0 spiro atoms. The van der Waals surface area contributed by atoms with E-state index in [0.29, 0.717) is 16.7 Å². The van der Waals surface area contributed by atoms with Crippen molar-refractivity contribution in [2.75, 3.05) is 17.7 Å². The number of nitrogens with zero attached hydrogens (tertiary/aromatic N) is 2. The van der Waals surface area contributed by atoms with Gasteiger partial charge in [-0.15, -0.1) is 0 Å². The van der Waals surface area contributed by atoms with Crippen LogP contribution in [0.5, 0.6) is 0 Å². The largest absolute Gasteiger partial charge is 0.394 e. The summed E-state index contributed by atoms with van der Waals surface area (Å²) in [6.45, 7) is 4.07. The van der Waals surface area contributed by atoms with Gasteiger partial charge in [0, 0.05) is 0 Å². The first-order chi connectivity index (χ1) is 10.1. The van der Waals surface area contributed by atoms with E-state index in [1.165, 1.54) is 6.07 Å². The second kappa shape index (κ2) is 6.67. The summed E-state index contributed by atoms with van der Waals surface area (Å²) in [5.74, 6) is 0.237. The maximum atomic E-state index is 14.1. The lowest BCUT2D eigenvalue weighted by atomic mass is 9.97. The van der Waals surface area contributed by atoms with Crippen molar-refractivity contribution in [2.45, 2.75) is 32.7 Å². The normalized spacial score (nSPS) is 14.1. The van der Waals surface area contributed by atoms with Crippen LogP contribution in [0.2, 0.25) is 0 Å². The third-order valence-corrected chi connectivity index (χ3v) is 3.64. The van der Waals surface area contributed by atoms with Gasteiger partial charge in [-0.1, -0.05) is 26.3 Å². The number of fused-ring (bicyclic) bond motifs is 1. The number of nitrogens with two attached hydrogens (primary N) is 1. The highest BCUT2D eigenvalue weighted by Crippen LogP contribution is 2.26. The molecule has 1 heterocycles. The molecule has 0 amide bonds. The highest BCUT2D eigenvalue weighted by atomic mass is 19.1. The summed E-state index contributed by atoms with van der Waals surface area (Å²) in [6, 6.07) is 4.42. The van der Waals surface area contributed by atoms with Crippen LogP contribution in [-0.2, 0) is 0 Å². The van der Waals surface area contributed by atoms with Crippen molar-refractivity contribution in [3.05, 3.63) is 24.0 Å². The van der Waals surface area contributed by atoms with Gasteiger partial charge in [0.15, 0.2) is 0 Å². The molecule has 1 aromatic heterocycles. The predicted octanol–water partition coefficient (Wildman–Crippen LogP) is 2.56. The summed E-state index contributed by atoms with van der Waals surface area (Å²) in [5, 5.41) is 13.0. The van der Waals surface area contributed by atoms with E-state index in [-0.39, 0.29) is 24.5 Å². The molecule has 21 heavy (non-hydrogen) atoms. The van der Waals surface area contributed by atoms with Crippen molar-refractivity contribution < 1.29 is 9.50 Å². The molecule has 0 saturated heterocycles. The number of halogens is 1. The quantitative estimate of drug-likeness (QED) is 0.762. The minimum Gasteiger partial charge on any atom is -0.394 e. The topological polar surface area (TPSA) is 84.1 Å². The number of aliphatic hydroxyl groups is 1.